The van der Waals surface area contributed by atoms with Gasteiger partial charge in [0.2, 0.25) is 0 Å². The highest BCUT2D eigenvalue weighted by Crippen LogP contribution is 2.41. The third-order valence-electron chi connectivity index (χ3n) is 5.14. The highest BCUT2D eigenvalue weighted by Gasteiger charge is 2.24. The van der Waals surface area contributed by atoms with E-state index in [0.717, 1.165) is 38.4 Å². The van der Waals surface area contributed by atoms with Gasteiger partial charge in [0.1, 0.15) is 15.5 Å². The largest absolute Gasteiger partial charge is 0.497 e. The Hall–Kier alpha value is -3.38. The van der Waals surface area contributed by atoms with E-state index in [-0.39, 0.29) is 11.4 Å². The summed E-state index contributed by atoms with van der Waals surface area (Å²) < 4.78 is 5.29. The number of ether oxygens (including phenoxy) is 1. The highest BCUT2D eigenvalue weighted by atomic mass is 32.1. The van der Waals surface area contributed by atoms with E-state index in [1.54, 1.807) is 7.11 Å². The lowest BCUT2D eigenvalue weighted by Gasteiger charge is -2.20. The average molecular weight is 446 g/mol. The minimum Gasteiger partial charge on any atom is -0.497 e. The van der Waals surface area contributed by atoms with Gasteiger partial charge < -0.3 is 15.8 Å². The molecule has 0 radical (unpaired) electrons. The van der Waals surface area contributed by atoms with E-state index >= 15 is 0 Å². The van der Waals surface area contributed by atoms with E-state index in [9.17, 15) is 4.79 Å². The molecule has 0 bridgehead atoms. The van der Waals surface area contributed by atoms with Crippen molar-refractivity contribution in [3.8, 4) is 28.1 Å². The van der Waals surface area contributed by atoms with Gasteiger partial charge in [-0.25, -0.2) is 4.98 Å². The number of nitrogens with zero attached hydrogens (tertiary/aromatic N) is 1. The molecule has 0 atom stereocenters. The van der Waals surface area contributed by atoms with E-state index in [0.29, 0.717) is 10.6 Å². The minimum absolute atomic E-state index is 0.182. The average Bonchev–Trinajstić information content (AvgIpc) is 3.09. The van der Waals surface area contributed by atoms with Gasteiger partial charge in [0, 0.05) is 16.5 Å². The van der Waals surface area contributed by atoms with Crippen LogP contribution in [0.2, 0.25) is 0 Å². The van der Waals surface area contributed by atoms with E-state index in [1.807, 2.05) is 51.1 Å². The number of benzene rings is 2. The van der Waals surface area contributed by atoms with Crippen molar-refractivity contribution >= 4 is 33.1 Å². The number of aryl methyl sites for hydroxylation is 1. The lowest BCUT2D eigenvalue weighted by atomic mass is 9.98. The summed E-state index contributed by atoms with van der Waals surface area (Å²) in [5.74, 6) is 0.606. The van der Waals surface area contributed by atoms with Gasteiger partial charge >= 0.3 is 0 Å². The normalized spacial score (nSPS) is 11.5. The minimum atomic E-state index is -0.360. The summed E-state index contributed by atoms with van der Waals surface area (Å²) in [7, 11) is 1.65. The summed E-state index contributed by atoms with van der Waals surface area (Å²) in [6, 6.07) is 18.1. The number of thiophene rings is 1. The number of methoxy groups -OCH3 is 1. The lowest BCUT2D eigenvalue weighted by molar-refractivity contribution is 0.0924. The maximum atomic E-state index is 12.9. The summed E-state index contributed by atoms with van der Waals surface area (Å²) in [6.45, 7) is 7.91. The molecular weight excluding hydrogens is 418 g/mol. The van der Waals surface area contributed by atoms with Gasteiger partial charge in [-0.15, -0.1) is 11.3 Å². The number of fused-ring (bicyclic) bond motifs is 1. The van der Waals surface area contributed by atoms with E-state index in [4.69, 9.17) is 15.5 Å². The summed E-state index contributed by atoms with van der Waals surface area (Å²) >= 11 is 1.33. The predicted molar refractivity (Wildman–Crippen MR) is 133 cm³/mol. The second-order valence-corrected chi connectivity index (χ2v) is 9.88. The fraction of sp³-hybridized carbons (Fsp3) is 0.231. The number of nitrogen functional groups attached to an aromatic ring is 1. The van der Waals surface area contributed by atoms with Crippen molar-refractivity contribution in [2.75, 3.05) is 12.8 Å². The van der Waals surface area contributed by atoms with Crippen molar-refractivity contribution in [2.24, 2.45) is 0 Å². The third-order valence-corrected chi connectivity index (χ3v) is 6.24. The number of anilines is 1. The van der Waals surface area contributed by atoms with Gasteiger partial charge in [-0.05, 0) is 69.2 Å². The first-order chi connectivity index (χ1) is 15.2. The summed E-state index contributed by atoms with van der Waals surface area (Å²) in [6.07, 6.45) is 0. The predicted octanol–water partition coefficient (Wildman–Crippen LogP) is 6.06. The SMILES string of the molecule is COc1ccc(-c2cc(-c3ccc(C)cc3)c3c(N)c(C(=O)NC(C)(C)C)sc3n2)cc1. The zero-order valence-electron chi connectivity index (χ0n) is 18.9. The molecule has 0 unspecified atom stereocenters. The van der Waals surface area contributed by atoms with Crippen LogP contribution in [0.1, 0.15) is 36.0 Å². The van der Waals surface area contributed by atoms with Crippen molar-refractivity contribution < 1.29 is 9.53 Å². The molecule has 4 aromatic rings. The Kier molecular flexibility index (Phi) is 5.65. The Morgan fingerprint density at radius 2 is 1.66 bits per heavy atom. The molecule has 2 aromatic heterocycles. The summed E-state index contributed by atoms with van der Waals surface area (Å²) in [5.41, 5.74) is 11.6. The smallest absolute Gasteiger partial charge is 0.263 e. The number of hydrogen-bond acceptors (Lipinski definition) is 5. The Morgan fingerprint density at radius 1 is 1.03 bits per heavy atom. The molecule has 0 aliphatic heterocycles. The molecule has 0 fully saturated rings. The van der Waals surface area contributed by atoms with Crippen LogP contribution >= 0.6 is 11.3 Å². The monoisotopic (exact) mass is 445 g/mol. The zero-order chi connectivity index (χ0) is 23.0. The maximum Gasteiger partial charge on any atom is 0.263 e. The molecule has 0 saturated carbocycles. The maximum absolute atomic E-state index is 12.9. The van der Waals surface area contributed by atoms with Crippen LogP contribution in [0.4, 0.5) is 5.69 Å². The van der Waals surface area contributed by atoms with Crippen LogP contribution in [0.15, 0.2) is 54.6 Å². The summed E-state index contributed by atoms with van der Waals surface area (Å²) in [5, 5.41) is 3.83. The molecule has 2 heterocycles. The number of aromatic nitrogens is 1. The first-order valence-corrected chi connectivity index (χ1v) is 11.2. The van der Waals surface area contributed by atoms with Gasteiger partial charge in [-0.1, -0.05) is 29.8 Å². The molecule has 0 aliphatic carbocycles. The van der Waals surface area contributed by atoms with Crippen molar-refractivity contribution in [3.63, 3.8) is 0 Å². The molecule has 32 heavy (non-hydrogen) atoms. The lowest BCUT2D eigenvalue weighted by Crippen LogP contribution is -2.40. The molecule has 3 N–H and O–H groups in total. The second-order valence-electron chi connectivity index (χ2n) is 8.88. The Bertz CT molecular complexity index is 1280. The van der Waals surface area contributed by atoms with Crippen molar-refractivity contribution in [1.29, 1.82) is 0 Å². The van der Waals surface area contributed by atoms with Crippen LogP contribution < -0.4 is 15.8 Å². The number of carbonyl (C=O) groups excluding carboxylic acids is 1. The molecule has 164 valence electrons. The van der Waals surface area contributed by atoms with Crippen molar-refractivity contribution in [1.82, 2.24) is 10.3 Å². The standard InChI is InChI=1S/C26H27N3O2S/c1-15-6-8-16(9-7-15)19-14-20(17-10-12-18(31-5)13-11-17)28-25-21(19)22(27)23(32-25)24(30)29-26(2,3)4/h6-14H,27H2,1-5H3,(H,29,30). The first kappa shape index (κ1) is 21.8. The van der Waals surface area contributed by atoms with Gasteiger partial charge in [-0.2, -0.15) is 0 Å². The number of hydrogen-bond donors (Lipinski definition) is 2. The van der Waals surface area contributed by atoms with Gasteiger partial charge in [0.25, 0.3) is 5.91 Å². The van der Waals surface area contributed by atoms with E-state index in [1.165, 1.54) is 16.9 Å². The number of pyridine rings is 1. The molecule has 4 rings (SSSR count). The number of rotatable bonds is 4. The zero-order valence-corrected chi connectivity index (χ0v) is 19.8. The van der Waals surface area contributed by atoms with Gasteiger partial charge in [0.15, 0.2) is 0 Å². The van der Waals surface area contributed by atoms with Crippen LogP contribution in [0.5, 0.6) is 5.75 Å². The number of carbonyl (C=O) groups is 1. The van der Waals surface area contributed by atoms with Crippen molar-refractivity contribution in [2.45, 2.75) is 33.2 Å². The Balaban J connectivity index is 1.93. The molecule has 5 nitrogen and oxygen atoms in total. The van der Waals surface area contributed by atoms with Crippen molar-refractivity contribution in [3.05, 3.63) is 65.0 Å². The third kappa shape index (κ3) is 4.32. The van der Waals surface area contributed by atoms with E-state index in [2.05, 4.69) is 36.5 Å². The van der Waals surface area contributed by atoms with Gasteiger partial charge in [0.05, 0.1) is 18.5 Å². The topological polar surface area (TPSA) is 77.2 Å². The molecule has 6 heteroatoms. The quantitative estimate of drug-likeness (QED) is 0.400. The van der Waals surface area contributed by atoms with Crippen LogP contribution in [0.25, 0.3) is 32.6 Å². The van der Waals surface area contributed by atoms with Crippen LogP contribution in [0, 0.1) is 6.92 Å². The summed E-state index contributed by atoms with van der Waals surface area (Å²) in [4.78, 5) is 19.1. The molecule has 1 amide bonds. The van der Waals surface area contributed by atoms with Crippen LogP contribution in [0.3, 0.4) is 0 Å². The Morgan fingerprint density at radius 3 is 2.25 bits per heavy atom. The molecular formula is C26H27N3O2S. The Labute approximate surface area is 192 Å². The van der Waals surface area contributed by atoms with E-state index < -0.39 is 0 Å². The molecule has 0 aliphatic rings. The number of nitrogens with one attached hydrogen (secondary N) is 1. The fourth-order valence-corrected chi connectivity index (χ4v) is 4.57. The number of amides is 1. The molecule has 2 aromatic carbocycles. The van der Waals surface area contributed by atoms with Gasteiger partial charge in [-0.3, -0.25) is 4.79 Å². The van der Waals surface area contributed by atoms with Crippen LogP contribution in [-0.2, 0) is 0 Å². The molecule has 0 saturated heterocycles. The second kappa shape index (κ2) is 8.28. The first-order valence-electron chi connectivity index (χ1n) is 10.4. The molecule has 0 spiro atoms. The number of nitrogens with two attached hydrogens (primary N) is 1. The highest BCUT2D eigenvalue weighted by molar-refractivity contribution is 7.21. The van der Waals surface area contributed by atoms with Crippen LogP contribution in [-0.4, -0.2) is 23.5 Å². The fourth-order valence-electron chi connectivity index (χ4n) is 3.56.